The number of nitrogens with zero attached hydrogens (tertiary/aromatic N) is 5. The van der Waals surface area contributed by atoms with E-state index in [4.69, 9.17) is 11.6 Å². The Morgan fingerprint density at radius 3 is 2.52 bits per heavy atom. The molecule has 0 N–H and O–H groups in total. The number of hydrogen-bond acceptors (Lipinski definition) is 7. The van der Waals surface area contributed by atoms with Gasteiger partial charge in [0, 0.05) is 23.2 Å². The van der Waals surface area contributed by atoms with E-state index in [1.165, 1.54) is 12.1 Å². The first kappa shape index (κ1) is 18.8. The lowest BCUT2D eigenvalue weighted by Gasteiger charge is -2.08. The number of hydrogen-bond donors (Lipinski definition) is 0. The van der Waals surface area contributed by atoms with Crippen molar-refractivity contribution in [2.24, 2.45) is 0 Å². The van der Waals surface area contributed by atoms with E-state index >= 15 is 0 Å². The SMILES string of the molecule is CCn1c(Sc2ccc([N+](=O)[O-])cc2[N+](=O)[O-])nnc1-c1cccc(Cl)c1. The molecule has 27 heavy (non-hydrogen) atoms. The lowest BCUT2D eigenvalue weighted by molar-refractivity contribution is -0.396. The standard InChI is InChI=1S/C16H12ClN5O4S/c1-2-20-15(10-4-3-5-11(17)8-10)18-19-16(20)27-14-7-6-12(21(23)24)9-13(14)22(25)26/h3-9H,2H2,1H3. The average Bonchev–Trinajstić information content (AvgIpc) is 3.04. The van der Waals surface area contributed by atoms with Crippen LogP contribution in [0.2, 0.25) is 5.02 Å². The maximum Gasteiger partial charge on any atom is 0.290 e. The number of nitro groups is 2. The summed E-state index contributed by atoms with van der Waals surface area (Å²) < 4.78 is 1.79. The molecule has 0 saturated carbocycles. The van der Waals surface area contributed by atoms with Crippen molar-refractivity contribution in [2.45, 2.75) is 23.5 Å². The summed E-state index contributed by atoms with van der Waals surface area (Å²) in [5.41, 5.74) is 0.0636. The molecule has 2 aromatic carbocycles. The Bertz CT molecular complexity index is 1040. The number of halogens is 1. The van der Waals surface area contributed by atoms with E-state index in [0.717, 1.165) is 23.4 Å². The van der Waals surface area contributed by atoms with Crippen LogP contribution in [0, 0.1) is 20.2 Å². The number of nitro benzene ring substituents is 2. The molecule has 0 aliphatic carbocycles. The molecule has 0 bridgehead atoms. The van der Waals surface area contributed by atoms with Crippen molar-refractivity contribution in [3.05, 3.63) is 67.7 Å². The van der Waals surface area contributed by atoms with Crippen molar-refractivity contribution >= 4 is 34.7 Å². The van der Waals surface area contributed by atoms with Gasteiger partial charge in [-0.3, -0.25) is 20.2 Å². The monoisotopic (exact) mass is 405 g/mol. The molecule has 0 atom stereocenters. The molecule has 0 saturated heterocycles. The van der Waals surface area contributed by atoms with Crippen molar-refractivity contribution in [1.29, 1.82) is 0 Å². The van der Waals surface area contributed by atoms with Gasteiger partial charge in [0.05, 0.1) is 20.8 Å². The number of non-ortho nitro benzene ring substituents is 1. The first-order valence-corrected chi connectivity index (χ1v) is 8.90. The third-order valence-corrected chi connectivity index (χ3v) is 4.95. The Morgan fingerprint density at radius 2 is 1.89 bits per heavy atom. The predicted octanol–water partition coefficient (Wildman–Crippen LogP) is 4.59. The highest BCUT2D eigenvalue weighted by atomic mass is 35.5. The highest BCUT2D eigenvalue weighted by molar-refractivity contribution is 7.99. The van der Waals surface area contributed by atoms with Gasteiger partial charge in [-0.25, -0.2) is 0 Å². The molecule has 9 nitrogen and oxygen atoms in total. The molecule has 1 aromatic heterocycles. The molecule has 0 aliphatic rings. The average molecular weight is 406 g/mol. The van der Waals surface area contributed by atoms with E-state index < -0.39 is 9.85 Å². The Balaban J connectivity index is 2.02. The molecular weight excluding hydrogens is 394 g/mol. The summed E-state index contributed by atoms with van der Waals surface area (Å²) >= 11 is 7.06. The van der Waals surface area contributed by atoms with Gasteiger partial charge < -0.3 is 4.57 Å². The molecule has 1 heterocycles. The van der Waals surface area contributed by atoms with Crippen LogP contribution in [-0.2, 0) is 6.54 Å². The summed E-state index contributed by atoms with van der Waals surface area (Å²) in [5.74, 6) is 0.576. The molecule has 0 unspecified atom stereocenters. The van der Waals surface area contributed by atoms with Crippen molar-refractivity contribution in [2.75, 3.05) is 0 Å². The zero-order valence-corrected chi connectivity index (χ0v) is 15.5. The molecule has 0 radical (unpaired) electrons. The van der Waals surface area contributed by atoms with Gasteiger partial charge in [0.1, 0.15) is 0 Å². The van der Waals surface area contributed by atoms with E-state index in [9.17, 15) is 20.2 Å². The lowest BCUT2D eigenvalue weighted by Crippen LogP contribution is -2.00. The van der Waals surface area contributed by atoms with E-state index in [0.29, 0.717) is 22.5 Å². The molecule has 0 aliphatic heterocycles. The highest BCUT2D eigenvalue weighted by Gasteiger charge is 2.23. The predicted molar refractivity (Wildman–Crippen MR) is 100 cm³/mol. The van der Waals surface area contributed by atoms with E-state index in [2.05, 4.69) is 10.2 Å². The fraction of sp³-hybridized carbons (Fsp3) is 0.125. The van der Waals surface area contributed by atoms with Crippen LogP contribution in [0.4, 0.5) is 11.4 Å². The Morgan fingerprint density at radius 1 is 1.11 bits per heavy atom. The normalized spacial score (nSPS) is 10.7. The fourth-order valence-electron chi connectivity index (χ4n) is 2.44. The Hall–Kier alpha value is -2.98. The minimum Gasteiger partial charge on any atom is -0.302 e. The van der Waals surface area contributed by atoms with Crippen LogP contribution in [0.5, 0.6) is 0 Å². The molecule has 0 spiro atoms. The fourth-order valence-corrected chi connectivity index (χ4v) is 3.61. The van der Waals surface area contributed by atoms with Crippen molar-refractivity contribution < 1.29 is 9.85 Å². The molecule has 3 rings (SSSR count). The molecule has 138 valence electrons. The zero-order valence-electron chi connectivity index (χ0n) is 13.9. The second-order valence-corrected chi connectivity index (χ2v) is 6.77. The van der Waals surface area contributed by atoms with Crippen molar-refractivity contribution in [1.82, 2.24) is 14.8 Å². The minimum absolute atomic E-state index is 0.241. The second kappa shape index (κ2) is 7.72. The van der Waals surface area contributed by atoms with Gasteiger partial charge in [0.25, 0.3) is 11.4 Å². The highest BCUT2D eigenvalue weighted by Crippen LogP contribution is 2.37. The summed E-state index contributed by atoms with van der Waals surface area (Å²) in [5, 5.41) is 31.5. The first-order valence-electron chi connectivity index (χ1n) is 7.70. The second-order valence-electron chi connectivity index (χ2n) is 5.33. The van der Waals surface area contributed by atoms with Gasteiger partial charge in [-0.1, -0.05) is 23.7 Å². The maximum atomic E-state index is 11.3. The van der Waals surface area contributed by atoms with Gasteiger partial charge in [-0.05, 0) is 36.9 Å². The van der Waals surface area contributed by atoms with Crippen LogP contribution in [0.3, 0.4) is 0 Å². The molecular formula is C16H12ClN5O4S. The first-order chi connectivity index (χ1) is 12.9. The summed E-state index contributed by atoms with van der Waals surface area (Å²) in [6.45, 7) is 2.42. The third kappa shape index (κ3) is 3.91. The number of aromatic nitrogens is 3. The van der Waals surface area contributed by atoms with Crippen LogP contribution in [-0.4, -0.2) is 24.6 Å². The van der Waals surface area contributed by atoms with E-state index in [1.807, 2.05) is 13.0 Å². The van der Waals surface area contributed by atoms with Gasteiger partial charge >= 0.3 is 0 Å². The van der Waals surface area contributed by atoms with Gasteiger partial charge in [-0.15, -0.1) is 10.2 Å². The van der Waals surface area contributed by atoms with Crippen LogP contribution < -0.4 is 0 Å². The summed E-state index contributed by atoms with van der Waals surface area (Å²) in [6, 6.07) is 10.6. The largest absolute Gasteiger partial charge is 0.302 e. The van der Waals surface area contributed by atoms with Crippen LogP contribution >= 0.6 is 23.4 Å². The smallest absolute Gasteiger partial charge is 0.290 e. The summed E-state index contributed by atoms with van der Waals surface area (Å²) in [7, 11) is 0. The molecule has 11 heteroatoms. The van der Waals surface area contributed by atoms with Crippen LogP contribution in [0.15, 0.2) is 52.5 Å². The van der Waals surface area contributed by atoms with Gasteiger partial charge in [0.2, 0.25) is 0 Å². The molecule has 0 amide bonds. The van der Waals surface area contributed by atoms with Crippen molar-refractivity contribution in [3.63, 3.8) is 0 Å². The van der Waals surface area contributed by atoms with Crippen LogP contribution in [0.1, 0.15) is 6.92 Å². The molecule has 3 aromatic rings. The van der Waals surface area contributed by atoms with Gasteiger partial charge in [-0.2, -0.15) is 0 Å². The van der Waals surface area contributed by atoms with E-state index in [-0.39, 0.29) is 16.3 Å². The van der Waals surface area contributed by atoms with Crippen LogP contribution in [0.25, 0.3) is 11.4 Å². The topological polar surface area (TPSA) is 117 Å². The summed E-state index contributed by atoms with van der Waals surface area (Å²) in [6.07, 6.45) is 0. The Kier molecular flexibility index (Phi) is 5.38. The van der Waals surface area contributed by atoms with Gasteiger partial charge in [0.15, 0.2) is 11.0 Å². The third-order valence-electron chi connectivity index (χ3n) is 3.67. The zero-order chi connectivity index (χ0) is 19.6. The number of benzene rings is 2. The van der Waals surface area contributed by atoms with E-state index in [1.54, 1.807) is 22.8 Å². The molecule has 0 fully saturated rings. The summed E-state index contributed by atoms with van der Waals surface area (Å²) in [4.78, 5) is 21.1. The lowest BCUT2D eigenvalue weighted by atomic mass is 10.2. The van der Waals surface area contributed by atoms with Crippen molar-refractivity contribution in [3.8, 4) is 11.4 Å². The minimum atomic E-state index is -0.673. The maximum absolute atomic E-state index is 11.3. The quantitative estimate of drug-likeness (QED) is 0.434. The number of rotatable bonds is 6. The Labute approximate surface area is 162 Å².